The molecule has 0 unspecified atom stereocenters. The zero-order chi connectivity index (χ0) is 22.7. The van der Waals surface area contributed by atoms with Gasteiger partial charge in [-0.2, -0.15) is 0 Å². The highest BCUT2D eigenvalue weighted by molar-refractivity contribution is 6.39. The van der Waals surface area contributed by atoms with Crippen molar-refractivity contribution in [1.82, 2.24) is 9.97 Å². The van der Waals surface area contributed by atoms with Crippen LogP contribution >= 0.6 is 23.2 Å². The van der Waals surface area contributed by atoms with Crippen LogP contribution in [0.4, 0.5) is 10.2 Å². The van der Waals surface area contributed by atoms with E-state index in [1.165, 1.54) is 12.1 Å². The third kappa shape index (κ3) is 4.62. The van der Waals surface area contributed by atoms with E-state index in [1.807, 2.05) is 30.3 Å². The van der Waals surface area contributed by atoms with Crippen LogP contribution in [0.25, 0.3) is 28.0 Å². The van der Waals surface area contributed by atoms with E-state index < -0.39 is 0 Å². The van der Waals surface area contributed by atoms with E-state index in [2.05, 4.69) is 23.8 Å². The molecule has 0 saturated carbocycles. The van der Waals surface area contributed by atoms with E-state index in [4.69, 9.17) is 28.2 Å². The third-order valence-electron chi connectivity index (χ3n) is 5.26. The SMILES string of the molecule is C=C(Nc1nc(-c2c(Cl)cccc2Cl)nc2ccccc12)c1cc(F)ccc1CCCC. The highest BCUT2D eigenvalue weighted by Gasteiger charge is 2.16. The molecule has 0 atom stereocenters. The van der Waals surface area contributed by atoms with Gasteiger partial charge < -0.3 is 5.32 Å². The minimum Gasteiger partial charge on any atom is -0.340 e. The van der Waals surface area contributed by atoms with Gasteiger partial charge in [-0.05, 0) is 54.8 Å². The van der Waals surface area contributed by atoms with Crippen LogP contribution in [0, 0.1) is 5.82 Å². The molecule has 0 aliphatic rings. The van der Waals surface area contributed by atoms with Gasteiger partial charge in [0.2, 0.25) is 0 Å². The number of benzene rings is 3. The predicted octanol–water partition coefficient (Wildman–Crippen LogP) is 8.17. The molecule has 0 radical (unpaired) electrons. The number of unbranched alkanes of at least 4 members (excludes halogenated alkanes) is 1. The van der Waals surface area contributed by atoms with Gasteiger partial charge in [0.15, 0.2) is 5.82 Å². The average molecular weight is 466 g/mol. The minimum atomic E-state index is -0.306. The summed E-state index contributed by atoms with van der Waals surface area (Å²) in [4.78, 5) is 9.40. The van der Waals surface area contributed by atoms with Crippen molar-refractivity contribution in [3.63, 3.8) is 0 Å². The van der Waals surface area contributed by atoms with Crippen molar-refractivity contribution in [2.24, 2.45) is 0 Å². The van der Waals surface area contributed by atoms with Crippen LogP contribution in [-0.4, -0.2) is 9.97 Å². The lowest BCUT2D eigenvalue weighted by atomic mass is 10.00. The summed E-state index contributed by atoms with van der Waals surface area (Å²) in [5.74, 6) is 0.650. The van der Waals surface area contributed by atoms with Gasteiger partial charge in [-0.15, -0.1) is 0 Å². The number of aromatic nitrogens is 2. The molecule has 3 aromatic carbocycles. The second-order valence-corrected chi connectivity index (χ2v) is 8.33. The van der Waals surface area contributed by atoms with Gasteiger partial charge in [-0.25, -0.2) is 14.4 Å². The molecule has 6 heteroatoms. The molecule has 32 heavy (non-hydrogen) atoms. The Labute approximate surface area is 196 Å². The minimum absolute atomic E-state index is 0.306. The Morgan fingerprint density at radius 3 is 2.50 bits per heavy atom. The first-order chi connectivity index (χ1) is 15.5. The average Bonchev–Trinajstić information content (AvgIpc) is 2.78. The number of aryl methyl sites for hydroxylation is 1. The van der Waals surface area contributed by atoms with Crippen LogP contribution < -0.4 is 5.32 Å². The van der Waals surface area contributed by atoms with Crippen molar-refractivity contribution in [1.29, 1.82) is 0 Å². The smallest absolute Gasteiger partial charge is 0.165 e. The van der Waals surface area contributed by atoms with Crippen molar-refractivity contribution < 1.29 is 4.39 Å². The van der Waals surface area contributed by atoms with Crippen LogP contribution in [0.15, 0.2) is 67.2 Å². The summed E-state index contributed by atoms with van der Waals surface area (Å²) in [5.41, 5.74) is 3.63. The van der Waals surface area contributed by atoms with Gasteiger partial charge >= 0.3 is 0 Å². The number of fused-ring (bicyclic) bond motifs is 1. The Bertz CT molecular complexity index is 1280. The second kappa shape index (κ2) is 9.68. The van der Waals surface area contributed by atoms with Gasteiger partial charge in [0, 0.05) is 16.6 Å². The van der Waals surface area contributed by atoms with E-state index in [1.54, 1.807) is 18.2 Å². The van der Waals surface area contributed by atoms with Crippen molar-refractivity contribution in [3.05, 3.63) is 94.2 Å². The van der Waals surface area contributed by atoms with Crippen molar-refractivity contribution in [2.45, 2.75) is 26.2 Å². The molecular formula is C26H22Cl2FN3. The molecule has 1 aromatic heterocycles. The van der Waals surface area contributed by atoms with Crippen LogP contribution in [0.2, 0.25) is 10.0 Å². The topological polar surface area (TPSA) is 37.8 Å². The van der Waals surface area contributed by atoms with Gasteiger partial charge in [0.1, 0.15) is 11.6 Å². The Kier molecular flexibility index (Phi) is 6.73. The first kappa shape index (κ1) is 22.3. The number of rotatable bonds is 7. The van der Waals surface area contributed by atoms with E-state index >= 15 is 0 Å². The summed E-state index contributed by atoms with van der Waals surface area (Å²) in [5, 5.41) is 5.03. The summed E-state index contributed by atoms with van der Waals surface area (Å²) in [6, 6.07) is 17.7. The van der Waals surface area contributed by atoms with Crippen LogP contribution in [0.1, 0.15) is 30.9 Å². The Morgan fingerprint density at radius 1 is 1.00 bits per heavy atom. The maximum Gasteiger partial charge on any atom is 0.165 e. The Morgan fingerprint density at radius 2 is 1.75 bits per heavy atom. The summed E-state index contributed by atoms with van der Waals surface area (Å²) in [6.07, 6.45) is 2.91. The monoisotopic (exact) mass is 465 g/mol. The zero-order valence-corrected chi connectivity index (χ0v) is 19.1. The zero-order valence-electron chi connectivity index (χ0n) is 17.6. The highest BCUT2D eigenvalue weighted by atomic mass is 35.5. The molecule has 0 fully saturated rings. The van der Waals surface area contributed by atoms with E-state index in [9.17, 15) is 4.39 Å². The number of para-hydroxylation sites is 1. The second-order valence-electron chi connectivity index (χ2n) is 7.52. The molecule has 0 saturated heterocycles. The molecule has 0 bridgehead atoms. The molecular weight excluding hydrogens is 444 g/mol. The molecule has 0 spiro atoms. The van der Waals surface area contributed by atoms with Crippen LogP contribution in [0.5, 0.6) is 0 Å². The number of hydrogen-bond acceptors (Lipinski definition) is 3. The first-order valence-corrected chi connectivity index (χ1v) is 11.2. The Hall–Kier alpha value is -2.95. The molecule has 4 aromatic rings. The number of halogens is 3. The first-order valence-electron chi connectivity index (χ1n) is 10.4. The Balaban J connectivity index is 1.80. The van der Waals surface area contributed by atoms with Gasteiger partial charge in [-0.3, -0.25) is 0 Å². The number of hydrogen-bond donors (Lipinski definition) is 1. The van der Waals surface area contributed by atoms with Crippen molar-refractivity contribution in [2.75, 3.05) is 5.32 Å². The molecule has 1 heterocycles. The molecule has 0 aliphatic carbocycles. The normalized spacial score (nSPS) is 11.0. The molecule has 4 rings (SSSR count). The maximum atomic E-state index is 14.1. The van der Waals surface area contributed by atoms with Crippen molar-refractivity contribution in [3.8, 4) is 11.4 Å². The lowest BCUT2D eigenvalue weighted by molar-refractivity contribution is 0.626. The number of nitrogens with one attached hydrogen (secondary N) is 1. The predicted molar refractivity (Wildman–Crippen MR) is 133 cm³/mol. The molecule has 3 nitrogen and oxygen atoms in total. The largest absolute Gasteiger partial charge is 0.340 e. The molecule has 1 N–H and O–H groups in total. The van der Waals surface area contributed by atoms with Gasteiger partial charge in [-0.1, -0.05) is 67.4 Å². The fourth-order valence-corrected chi connectivity index (χ4v) is 4.19. The lowest BCUT2D eigenvalue weighted by Crippen LogP contribution is -2.06. The maximum absolute atomic E-state index is 14.1. The standard InChI is InChI=1S/C26H22Cl2FN3/c1-3-4-8-17-13-14-18(29)15-20(17)16(2)30-25-19-9-5-6-12-23(19)31-26(32-25)24-21(27)10-7-11-22(24)28/h5-7,9-15H,2-4,8H2,1H3,(H,30,31,32). The number of anilines is 1. The third-order valence-corrected chi connectivity index (χ3v) is 5.89. The van der Waals surface area contributed by atoms with Gasteiger partial charge in [0.05, 0.1) is 21.1 Å². The lowest BCUT2D eigenvalue weighted by Gasteiger charge is -2.16. The summed E-state index contributed by atoms with van der Waals surface area (Å²) < 4.78 is 14.1. The molecule has 162 valence electrons. The van der Waals surface area contributed by atoms with Gasteiger partial charge in [0.25, 0.3) is 0 Å². The number of nitrogens with zero attached hydrogens (tertiary/aromatic N) is 2. The fraction of sp³-hybridized carbons (Fsp3) is 0.154. The fourth-order valence-electron chi connectivity index (χ4n) is 3.62. The summed E-state index contributed by atoms with van der Waals surface area (Å²) >= 11 is 12.8. The van der Waals surface area contributed by atoms with E-state index in [-0.39, 0.29) is 5.82 Å². The highest BCUT2D eigenvalue weighted by Crippen LogP contribution is 2.35. The van der Waals surface area contributed by atoms with Crippen molar-refractivity contribution >= 4 is 45.6 Å². The summed E-state index contributed by atoms with van der Waals surface area (Å²) in [7, 11) is 0. The quantitative estimate of drug-likeness (QED) is 0.299. The van der Waals surface area contributed by atoms with E-state index in [0.29, 0.717) is 32.9 Å². The summed E-state index contributed by atoms with van der Waals surface area (Å²) in [6.45, 7) is 6.31. The molecule has 0 aliphatic heterocycles. The van der Waals surface area contributed by atoms with Crippen LogP contribution in [0.3, 0.4) is 0 Å². The van der Waals surface area contributed by atoms with Crippen LogP contribution in [-0.2, 0) is 6.42 Å². The van der Waals surface area contributed by atoms with E-state index in [0.717, 1.165) is 41.3 Å². The molecule has 0 amide bonds.